The summed E-state index contributed by atoms with van der Waals surface area (Å²) in [4.78, 5) is 32.9. The highest BCUT2D eigenvalue weighted by Crippen LogP contribution is 2.24. The lowest BCUT2D eigenvalue weighted by Gasteiger charge is -2.36. The number of nitrogens with one attached hydrogen (secondary N) is 1. The molecule has 0 aliphatic carbocycles. The molecular weight excluding hydrogens is 526 g/mol. The van der Waals surface area contributed by atoms with Crippen LogP contribution in [0.1, 0.15) is 50.4 Å². The van der Waals surface area contributed by atoms with Gasteiger partial charge in [0, 0.05) is 68.5 Å². The van der Waals surface area contributed by atoms with Crippen LogP contribution in [0.2, 0.25) is 0 Å². The molecule has 2 aliphatic rings. The number of rotatable bonds is 6. The van der Waals surface area contributed by atoms with Crippen LogP contribution >= 0.6 is 0 Å². The van der Waals surface area contributed by atoms with Crippen molar-refractivity contribution in [2.45, 2.75) is 32.4 Å². The van der Waals surface area contributed by atoms with Gasteiger partial charge in [-0.3, -0.25) is 14.5 Å². The van der Waals surface area contributed by atoms with Gasteiger partial charge in [0.05, 0.1) is 11.6 Å². The molecule has 8 nitrogen and oxygen atoms in total. The molecule has 2 fully saturated rings. The number of hydrogen-bond acceptors (Lipinski definition) is 6. The summed E-state index contributed by atoms with van der Waals surface area (Å²) in [5.41, 5.74) is 5.47. The van der Waals surface area contributed by atoms with Crippen LogP contribution in [0, 0.1) is 18.3 Å². The number of anilines is 1. The first-order chi connectivity index (χ1) is 20.4. The molecule has 2 aliphatic heterocycles. The zero-order valence-electron chi connectivity index (χ0n) is 23.9. The number of hydrogen-bond donors (Lipinski definition) is 1. The molecule has 0 atom stereocenters. The number of fused-ring (bicyclic) bond motifs is 1. The zero-order chi connectivity index (χ0) is 29.1. The molecular formula is C34H35N5O3. The summed E-state index contributed by atoms with van der Waals surface area (Å²) in [6.45, 7) is 7.60. The maximum absolute atomic E-state index is 13.3. The molecule has 8 heteroatoms. The van der Waals surface area contributed by atoms with E-state index in [1.807, 2.05) is 35.2 Å². The van der Waals surface area contributed by atoms with E-state index in [1.54, 1.807) is 18.2 Å². The molecule has 2 amide bonds. The number of piperazine rings is 1. The number of carbonyl (C=O) groups is 2. The van der Waals surface area contributed by atoms with Gasteiger partial charge in [-0.1, -0.05) is 29.8 Å². The standard InChI is InChI=1S/C34H35N5O3/c1-24-2-9-30(10-3-24)38-16-18-39(19-17-38)34(41)27-8-11-31-28(20-27)21-32(42-31)33(40)36-29-12-14-37(15-13-29)23-26-6-4-25(22-35)5-7-26/h2-11,20-21,29H,12-19,23H2,1H3,(H,36,40). The quantitative estimate of drug-likeness (QED) is 0.357. The first-order valence-electron chi connectivity index (χ1n) is 14.6. The van der Waals surface area contributed by atoms with Gasteiger partial charge in [0.15, 0.2) is 5.76 Å². The topological polar surface area (TPSA) is 92.8 Å². The van der Waals surface area contributed by atoms with Gasteiger partial charge in [0.1, 0.15) is 5.58 Å². The lowest BCUT2D eigenvalue weighted by molar-refractivity contribution is 0.0746. The zero-order valence-corrected chi connectivity index (χ0v) is 23.9. The number of nitrogens with zero attached hydrogens (tertiary/aromatic N) is 4. The maximum atomic E-state index is 13.3. The van der Waals surface area contributed by atoms with Crippen LogP contribution in [0.5, 0.6) is 0 Å². The minimum Gasteiger partial charge on any atom is -0.451 e. The van der Waals surface area contributed by atoms with Crippen LogP contribution < -0.4 is 10.2 Å². The molecule has 6 rings (SSSR count). The summed E-state index contributed by atoms with van der Waals surface area (Å²) in [5, 5.41) is 12.9. The number of carbonyl (C=O) groups excluding carboxylic acids is 2. The number of likely N-dealkylation sites (tertiary alicyclic amines) is 1. The van der Waals surface area contributed by atoms with E-state index in [4.69, 9.17) is 9.68 Å². The van der Waals surface area contributed by atoms with E-state index < -0.39 is 0 Å². The highest BCUT2D eigenvalue weighted by atomic mass is 16.3. The first-order valence-corrected chi connectivity index (χ1v) is 14.6. The van der Waals surface area contributed by atoms with Gasteiger partial charge >= 0.3 is 0 Å². The van der Waals surface area contributed by atoms with Crippen molar-refractivity contribution in [2.75, 3.05) is 44.2 Å². The summed E-state index contributed by atoms with van der Waals surface area (Å²) in [6.07, 6.45) is 1.72. The second-order valence-corrected chi connectivity index (χ2v) is 11.3. The Kier molecular flexibility index (Phi) is 7.93. The van der Waals surface area contributed by atoms with E-state index in [1.165, 1.54) is 16.8 Å². The van der Waals surface area contributed by atoms with Gasteiger partial charge in [-0.2, -0.15) is 5.26 Å². The van der Waals surface area contributed by atoms with Gasteiger partial charge in [-0.25, -0.2) is 0 Å². The molecule has 0 unspecified atom stereocenters. The van der Waals surface area contributed by atoms with Gasteiger partial charge in [-0.05, 0) is 73.9 Å². The predicted molar refractivity (Wildman–Crippen MR) is 162 cm³/mol. The third-order valence-electron chi connectivity index (χ3n) is 8.37. The minimum atomic E-state index is -0.225. The Morgan fingerprint density at radius 2 is 1.62 bits per heavy atom. The largest absolute Gasteiger partial charge is 0.451 e. The average molecular weight is 562 g/mol. The monoisotopic (exact) mass is 561 g/mol. The van der Waals surface area contributed by atoms with Crippen molar-refractivity contribution in [1.29, 1.82) is 5.26 Å². The first kappa shape index (κ1) is 27.6. The van der Waals surface area contributed by atoms with Crippen LogP contribution in [0.25, 0.3) is 11.0 Å². The Bertz CT molecular complexity index is 1600. The second-order valence-electron chi connectivity index (χ2n) is 11.3. The summed E-state index contributed by atoms with van der Waals surface area (Å²) in [5.74, 6) is 0.0404. The molecule has 0 radical (unpaired) electrons. The number of nitriles is 1. The van der Waals surface area contributed by atoms with Crippen molar-refractivity contribution < 1.29 is 14.0 Å². The molecule has 0 saturated carbocycles. The van der Waals surface area contributed by atoms with Gasteiger partial charge in [0.25, 0.3) is 11.8 Å². The van der Waals surface area contributed by atoms with Gasteiger partial charge < -0.3 is 19.5 Å². The Balaban J connectivity index is 1.01. The van der Waals surface area contributed by atoms with E-state index in [0.717, 1.165) is 51.0 Å². The molecule has 3 aromatic carbocycles. The average Bonchev–Trinajstić information content (AvgIpc) is 3.46. The van der Waals surface area contributed by atoms with E-state index >= 15 is 0 Å². The Hall–Kier alpha value is -4.61. The van der Waals surface area contributed by atoms with Crippen LogP contribution in [0.4, 0.5) is 5.69 Å². The number of amides is 2. The SMILES string of the molecule is Cc1ccc(N2CCN(C(=O)c3ccc4oc(C(=O)NC5CCN(Cc6ccc(C#N)cc6)CC5)cc4c3)CC2)cc1. The molecule has 214 valence electrons. The van der Waals surface area contributed by atoms with Crippen molar-refractivity contribution in [1.82, 2.24) is 15.1 Å². The van der Waals surface area contributed by atoms with Crippen LogP contribution in [-0.4, -0.2) is 66.9 Å². The van der Waals surface area contributed by atoms with E-state index in [-0.39, 0.29) is 23.6 Å². The molecule has 1 N–H and O–H groups in total. The van der Waals surface area contributed by atoms with Crippen molar-refractivity contribution in [3.8, 4) is 6.07 Å². The van der Waals surface area contributed by atoms with E-state index in [0.29, 0.717) is 29.8 Å². The minimum absolute atomic E-state index is 0.000393. The fourth-order valence-electron chi connectivity index (χ4n) is 5.83. The lowest BCUT2D eigenvalue weighted by Crippen LogP contribution is -2.48. The highest BCUT2D eigenvalue weighted by molar-refractivity contribution is 6.00. The lowest BCUT2D eigenvalue weighted by atomic mass is 10.0. The molecule has 0 spiro atoms. The summed E-state index contributed by atoms with van der Waals surface area (Å²) in [6, 6.07) is 25.6. The Morgan fingerprint density at radius 1 is 0.905 bits per heavy atom. The second kappa shape index (κ2) is 12.1. The number of furan rings is 1. The molecule has 2 saturated heterocycles. The summed E-state index contributed by atoms with van der Waals surface area (Å²) < 4.78 is 5.87. The van der Waals surface area contributed by atoms with Gasteiger partial charge in [-0.15, -0.1) is 0 Å². The van der Waals surface area contributed by atoms with Crippen LogP contribution in [-0.2, 0) is 6.54 Å². The Morgan fingerprint density at radius 3 is 2.31 bits per heavy atom. The molecule has 42 heavy (non-hydrogen) atoms. The molecule has 3 heterocycles. The molecule has 4 aromatic rings. The fourth-order valence-corrected chi connectivity index (χ4v) is 5.83. The third kappa shape index (κ3) is 6.17. The fraction of sp³-hybridized carbons (Fsp3) is 0.324. The summed E-state index contributed by atoms with van der Waals surface area (Å²) >= 11 is 0. The smallest absolute Gasteiger partial charge is 0.287 e. The van der Waals surface area contributed by atoms with Gasteiger partial charge in [0.2, 0.25) is 0 Å². The number of benzene rings is 3. The molecule has 0 bridgehead atoms. The number of piperidine rings is 1. The maximum Gasteiger partial charge on any atom is 0.287 e. The van der Waals surface area contributed by atoms with Crippen molar-refractivity contribution in [2.24, 2.45) is 0 Å². The highest BCUT2D eigenvalue weighted by Gasteiger charge is 2.25. The van der Waals surface area contributed by atoms with Crippen LogP contribution in [0.15, 0.2) is 77.2 Å². The molecule has 1 aromatic heterocycles. The van der Waals surface area contributed by atoms with Crippen molar-refractivity contribution in [3.63, 3.8) is 0 Å². The van der Waals surface area contributed by atoms with E-state index in [9.17, 15) is 9.59 Å². The van der Waals surface area contributed by atoms with E-state index in [2.05, 4.69) is 52.4 Å². The van der Waals surface area contributed by atoms with Crippen molar-refractivity contribution in [3.05, 3.63) is 101 Å². The van der Waals surface area contributed by atoms with Crippen LogP contribution in [0.3, 0.4) is 0 Å². The predicted octanol–water partition coefficient (Wildman–Crippen LogP) is 4.97. The Labute approximate surface area is 246 Å². The summed E-state index contributed by atoms with van der Waals surface area (Å²) in [7, 11) is 0. The number of aryl methyl sites for hydroxylation is 1. The normalized spacial score (nSPS) is 16.4. The third-order valence-corrected chi connectivity index (χ3v) is 8.37. The van der Waals surface area contributed by atoms with Crippen molar-refractivity contribution >= 4 is 28.5 Å².